The van der Waals surface area contributed by atoms with Gasteiger partial charge in [-0.1, -0.05) is 12.1 Å². The van der Waals surface area contributed by atoms with Crippen LogP contribution < -0.4 is 14.8 Å². The molecular weight excluding hydrogens is 258 g/mol. The Labute approximate surface area is 120 Å². The zero-order valence-corrected chi connectivity index (χ0v) is 12.5. The van der Waals surface area contributed by atoms with E-state index in [4.69, 9.17) is 14.2 Å². The van der Waals surface area contributed by atoms with Gasteiger partial charge in [-0.05, 0) is 19.9 Å². The van der Waals surface area contributed by atoms with E-state index < -0.39 is 6.10 Å². The zero-order chi connectivity index (χ0) is 14.8. The van der Waals surface area contributed by atoms with Gasteiger partial charge in [0, 0.05) is 25.8 Å². The smallest absolute Gasteiger partial charge is 0.165 e. The molecule has 1 aromatic rings. The molecule has 0 aliphatic carbocycles. The highest BCUT2D eigenvalue weighted by Crippen LogP contribution is 2.31. The summed E-state index contributed by atoms with van der Waals surface area (Å²) in [6, 6.07) is 5.80. The minimum atomic E-state index is -0.515. The number of hydrogen-bond donors (Lipinski definition) is 2. The first-order valence-electron chi connectivity index (χ1n) is 6.94. The quantitative estimate of drug-likeness (QED) is 0.638. The molecule has 5 heteroatoms. The molecule has 0 fully saturated rings. The zero-order valence-electron chi connectivity index (χ0n) is 12.5. The fraction of sp³-hybridized carbons (Fsp3) is 0.600. The second-order valence-corrected chi connectivity index (χ2v) is 4.51. The highest BCUT2D eigenvalue weighted by Gasteiger charge is 2.11. The van der Waals surface area contributed by atoms with Crippen LogP contribution in [0.15, 0.2) is 18.2 Å². The van der Waals surface area contributed by atoms with Crippen molar-refractivity contribution in [3.63, 3.8) is 0 Å². The predicted molar refractivity (Wildman–Crippen MR) is 78.4 cm³/mol. The summed E-state index contributed by atoms with van der Waals surface area (Å²) in [5.74, 6) is 1.40. The minimum absolute atomic E-state index is 0.245. The van der Waals surface area contributed by atoms with Crippen molar-refractivity contribution >= 4 is 0 Å². The molecule has 1 aromatic carbocycles. The van der Waals surface area contributed by atoms with Crippen LogP contribution in [0.4, 0.5) is 0 Å². The summed E-state index contributed by atoms with van der Waals surface area (Å²) in [6.45, 7) is 6.54. The average molecular weight is 283 g/mol. The monoisotopic (exact) mass is 283 g/mol. The first-order valence-corrected chi connectivity index (χ1v) is 6.94. The highest BCUT2D eigenvalue weighted by molar-refractivity contribution is 5.46. The maximum Gasteiger partial charge on any atom is 0.165 e. The van der Waals surface area contributed by atoms with Crippen molar-refractivity contribution in [2.24, 2.45) is 0 Å². The maximum absolute atomic E-state index is 9.37. The van der Waals surface area contributed by atoms with E-state index in [2.05, 4.69) is 5.32 Å². The van der Waals surface area contributed by atoms with Gasteiger partial charge < -0.3 is 24.6 Å². The van der Waals surface area contributed by atoms with Crippen LogP contribution >= 0.6 is 0 Å². The molecular formula is C15H25NO4. The highest BCUT2D eigenvalue weighted by atomic mass is 16.5. The fourth-order valence-electron chi connectivity index (χ4n) is 1.73. The molecule has 0 aliphatic heterocycles. The first kappa shape index (κ1) is 16.8. The number of rotatable bonds is 10. The molecule has 2 N–H and O–H groups in total. The molecule has 1 rings (SSSR count). The molecule has 0 spiro atoms. The van der Waals surface area contributed by atoms with Gasteiger partial charge in [-0.15, -0.1) is 0 Å². The van der Waals surface area contributed by atoms with E-state index in [0.717, 1.165) is 12.1 Å². The van der Waals surface area contributed by atoms with Gasteiger partial charge >= 0.3 is 0 Å². The molecule has 0 bridgehead atoms. The van der Waals surface area contributed by atoms with Crippen LogP contribution in [0.3, 0.4) is 0 Å². The van der Waals surface area contributed by atoms with Crippen LogP contribution in [0.5, 0.6) is 11.5 Å². The number of methoxy groups -OCH3 is 1. The van der Waals surface area contributed by atoms with Gasteiger partial charge in [-0.2, -0.15) is 0 Å². The lowest BCUT2D eigenvalue weighted by Crippen LogP contribution is -2.20. The predicted octanol–water partition coefficient (Wildman–Crippen LogP) is 1.58. The summed E-state index contributed by atoms with van der Waals surface area (Å²) in [5.41, 5.74) is 1.01. The molecule has 1 atom stereocenters. The normalized spacial score (nSPS) is 12.2. The van der Waals surface area contributed by atoms with Crippen molar-refractivity contribution in [2.75, 3.05) is 33.5 Å². The van der Waals surface area contributed by atoms with Gasteiger partial charge in [-0.25, -0.2) is 0 Å². The lowest BCUT2D eigenvalue weighted by molar-refractivity contribution is 0.119. The Morgan fingerprint density at radius 1 is 1.30 bits per heavy atom. The second kappa shape index (κ2) is 9.58. The van der Waals surface area contributed by atoms with E-state index in [1.54, 1.807) is 14.0 Å². The van der Waals surface area contributed by atoms with Crippen molar-refractivity contribution in [1.29, 1.82) is 0 Å². The fourth-order valence-corrected chi connectivity index (χ4v) is 1.73. The topological polar surface area (TPSA) is 60.0 Å². The summed E-state index contributed by atoms with van der Waals surface area (Å²) in [6.07, 6.45) is -0.515. The molecule has 0 amide bonds. The van der Waals surface area contributed by atoms with E-state index in [1.165, 1.54) is 0 Å². The van der Waals surface area contributed by atoms with E-state index in [0.29, 0.717) is 31.3 Å². The number of benzene rings is 1. The number of aliphatic hydroxyl groups is 1. The summed E-state index contributed by atoms with van der Waals surface area (Å²) < 4.78 is 16.3. The summed E-state index contributed by atoms with van der Waals surface area (Å²) >= 11 is 0. The Bertz CT molecular complexity index is 382. The number of para-hydroxylation sites is 1. The first-order chi connectivity index (χ1) is 9.69. The Morgan fingerprint density at radius 2 is 2.10 bits per heavy atom. The van der Waals surface area contributed by atoms with Gasteiger partial charge in [0.25, 0.3) is 0 Å². The van der Waals surface area contributed by atoms with Crippen molar-refractivity contribution in [3.05, 3.63) is 23.8 Å². The third kappa shape index (κ3) is 5.77. The SMILES string of the molecule is CCOc1cccc(CNCCOC)c1OCC(C)O. The van der Waals surface area contributed by atoms with Crippen molar-refractivity contribution in [2.45, 2.75) is 26.5 Å². The van der Waals surface area contributed by atoms with Crippen molar-refractivity contribution in [1.82, 2.24) is 5.32 Å². The van der Waals surface area contributed by atoms with Crippen LogP contribution in [0.25, 0.3) is 0 Å². The van der Waals surface area contributed by atoms with Crippen LogP contribution in [0.1, 0.15) is 19.4 Å². The standard InChI is InChI=1S/C15H25NO4/c1-4-19-14-7-5-6-13(10-16-8-9-18-3)15(14)20-11-12(2)17/h5-7,12,16-17H,4,8-11H2,1-3H3. The van der Waals surface area contributed by atoms with Gasteiger partial charge in [-0.3, -0.25) is 0 Å². The molecule has 20 heavy (non-hydrogen) atoms. The Balaban J connectivity index is 2.75. The Morgan fingerprint density at radius 3 is 2.75 bits per heavy atom. The Hall–Kier alpha value is -1.30. The third-order valence-corrected chi connectivity index (χ3v) is 2.63. The van der Waals surface area contributed by atoms with Crippen LogP contribution in [0, 0.1) is 0 Å². The van der Waals surface area contributed by atoms with E-state index in [-0.39, 0.29) is 6.61 Å². The number of hydrogen-bond acceptors (Lipinski definition) is 5. The minimum Gasteiger partial charge on any atom is -0.490 e. The van der Waals surface area contributed by atoms with Crippen LogP contribution in [-0.2, 0) is 11.3 Å². The molecule has 0 saturated heterocycles. The molecule has 0 saturated carbocycles. The Kier molecular flexibility index (Phi) is 8.02. The van der Waals surface area contributed by atoms with Crippen LogP contribution in [-0.4, -0.2) is 44.7 Å². The number of ether oxygens (including phenoxy) is 3. The lowest BCUT2D eigenvalue weighted by Gasteiger charge is -2.17. The lowest BCUT2D eigenvalue weighted by atomic mass is 10.2. The van der Waals surface area contributed by atoms with Crippen LogP contribution in [0.2, 0.25) is 0 Å². The van der Waals surface area contributed by atoms with Gasteiger partial charge in [0.05, 0.1) is 19.3 Å². The maximum atomic E-state index is 9.37. The van der Waals surface area contributed by atoms with Crippen molar-refractivity contribution < 1.29 is 19.3 Å². The number of nitrogens with one attached hydrogen (secondary N) is 1. The van der Waals surface area contributed by atoms with E-state index >= 15 is 0 Å². The molecule has 0 radical (unpaired) electrons. The van der Waals surface area contributed by atoms with Gasteiger partial charge in [0.15, 0.2) is 11.5 Å². The summed E-state index contributed by atoms with van der Waals surface area (Å²) in [7, 11) is 1.68. The van der Waals surface area contributed by atoms with E-state index in [9.17, 15) is 5.11 Å². The summed E-state index contributed by atoms with van der Waals surface area (Å²) in [5, 5.41) is 12.7. The molecule has 0 heterocycles. The van der Waals surface area contributed by atoms with Crippen molar-refractivity contribution in [3.8, 4) is 11.5 Å². The summed E-state index contributed by atoms with van der Waals surface area (Å²) in [4.78, 5) is 0. The van der Waals surface area contributed by atoms with Gasteiger partial charge in [0.2, 0.25) is 0 Å². The molecule has 0 aromatic heterocycles. The van der Waals surface area contributed by atoms with E-state index in [1.807, 2.05) is 25.1 Å². The molecule has 1 unspecified atom stereocenters. The number of aliphatic hydroxyl groups excluding tert-OH is 1. The molecule has 114 valence electrons. The van der Waals surface area contributed by atoms with Gasteiger partial charge in [0.1, 0.15) is 6.61 Å². The third-order valence-electron chi connectivity index (χ3n) is 2.63. The second-order valence-electron chi connectivity index (χ2n) is 4.51. The molecule has 0 aliphatic rings. The molecule has 5 nitrogen and oxygen atoms in total. The largest absolute Gasteiger partial charge is 0.490 e. The average Bonchev–Trinajstić information content (AvgIpc) is 2.43.